The fourth-order valence-corrected chi connectivity index (χ4v) is 7.41. The predicted octanol–water partition coefficient (Wildman–Crippen LogP) is 4.91. The number of ether oxygens (including phenoxy) is 1. The summed E-state index contributed by atoms with van der Waals surface area (Å²) in [6.45, 7) is 6.29. The van der Waals surface area contributed by atoms with Crippen LogP contribution in [-0.2, 0) is 20.7 Å². The van der Waals surface area contributed by atoms with Crippen LogP contribution in [0.5, 0.6) is 0 Å². The number of amides is 3. The first-order valence-corrected chi connectivity index (χ1v) is 17.2. The second kappa shape index (κ2) is 14.8. The molecule has 2 aromatic carbocycles. The van der Waals surface area contributed by atoms with E-state index < -0.39 is 17.5 Å². The zero-order chi connectivity index (χ0) is 31.9. The molecule has 9 nitrogen and oxygen atoms in total. The van der Waals surface area contributed by atoms with E-state index in [-0.39, 0.29) is 23.6 Å². The third-order valence-corrected chi connectivity index (χ3v) is 10.1. The van der Waals surface area contributed by atoms with Gasteiger partial charge in [-0.3, -0.25) is 19.3 Å². The second-order valence-electron chi connectivity index (χ2n) is 13.6. The summed E-state index contributed by atoms with van der Waals surface area (Å²) in [5, 5.41) is 10.2. The summed E-state index contributed by atoms with van der Waals surface area (Å²) < 4.78 is 11.4. The van der Waals surface area contributed by atoms with Crippen LogP contribution < -0.4 is 16.0 Å². The first kappa shape index (κ1) is 32.3. The molecule has 6 rings (SSSR count). The number of benzene rings is 2. The highest BCUT2D eigenvalue weighted by atomic mass is 16.5. The molecule has 3 amide bonds. The number of nitrogens with zero attached hydrogens (tertiary/aromatic N) is 1. The molecule has 3 heterocycles. The fourth-order valence-electron chi connectivity index (χ4n) is 7.41. The fraction of sp³-hybridized carbons (Fsp3) is 0.541. The Balaban J connectivity index is 1.14. The number of rotatable bonds is 11. The Bertz CT molecular complexity index is 1490. The summed E-state index contributed by atoms with van der Waals surface area (Å²) in [4.78, 5) is 43.9. The van der Waals surface area contributed by atoms with Crippen molar-refractivity contribution < 1.29 is 23.5 Å². The molecule has 3 aromatic rings. The Morgan fingerprint density at radius 1 is 0.957 bits per heavy atom. The van der Waals surface area contributed by atoms with Crippen LogP contribution in [0.15, 0.2) is 59.0 Å². The Morgan fingerprint density at radius 3 is 2.52 bits per heavy atom. The van der Waals surface area contributed by atoms with E-state index in [1.54, 1.807) is 6.07 Å². The van der Waals surface area contributed by atoms with Gasteiger partial charge in [0.25, 0.3) is 5.91 Å². The first-order valence-electron chi connectivity index (χ1n) is 17.2. The summed E-state index contributed by atoms with van der Waals surface area (Å²) in [6, 6.07) is 16.8. The molecule has 1 saturated carbocycles. The lowest BCUT2D eigenvalue weighted by atomic mass is 9.94. The molecule has 46 heavy (non-hydrogen) atoms. The minimum absolute atomic E-state index is 0.177. The highest BCUT2D eigenvalue weighted by molar-refractivity contribution is 6.01. The molecule has 1 unspecified atom stereocenters. The Hall–Kier alpha value is -3.69. The molecule has 3 N–H and O–H groups in total. The van der Waals surface area contributed by atoms with E-state index in [2.05, 4.69) is 20.9 Å². The number of carbonyl (C=O) groups excluding carboxylic acids is 3. The lowest BCUT2D eigenvalue weighted by Crippen LogP contribution is -2.61. The third-order valence-electron chi connectivity index (χ3n) is 10.1. The van der Waals surface area contributed by atoms with Gasteiger partial charge < -0.3 is 25.1 Å². The van der Waals surface area contributed by atoms with Crippen LogP contribution in [0.4, 0.5) is 0 Å². The average molecular weight is 629 g/mol. The molecule has 3 fully saturated rings. The Labute approximate surface area is 271 Å². The number of hydrogen-bond acceptors (Lipinski definition) is 6. The standard InChI is InChI=1S/C37H48N4O5/c1-26-12-13-29-23-33(46-32(29)21-26)35(43)40-37(16-6-7-17-37)36(44)39-31(22-27-9-3-2-4-10-27)34(42)38-24-30-11-5-8-18-41(30)25-28-14-19-45-20-15-28/h2-4,9-10,12-13,21,23,28,30-31H,5-8,11,14-20,22,24-25H2,1H3,(H,38,42)(H,39,44)(H,40,43)/t30?,31-/m1/s1. The number of fused-ring (bicyclic) bond motifs is 1. The van der Waals surface area contributed by atoms with Crippen LogP contribution in [0.25, 0.3) is 11.0 Å². The van der Waals surface area contributed by atoms with Crippen LogP contribution in [0, 0.1) is 12.8 Å². The summed E-state index contributed by atoms with van der Waals surface area (Å²) in [6.07, 6.45) is 8.58. The monoisotopic (exact) mass is 628 g/mol. The van der Waals surface area contributed by atoms with Crippen molar-refractivity contribution in [2.75, 3.05) is 32.8 Å². The van der Waals surface area contributed by atoms with E-state index in [4.69, 9.17) is 9.15 Å². The maximum atomic E-state index is 14.1. The lowest BCUT2D eigenvalue weighted by Gasteiger charge is -2.39. The van der Waals surface area contributed by atoms with Gasteiger partial charge in [0.05, 0.1) is 0 Å². The number of nitrogens with one attached hydrogen (secondary N) is 3. The molecule has 0 radical (unpaired) electrons. The molecule has 1 aliphatic carbocycles. The van der Waals surface area contributed by atoms with Gasteiger partial charge in [-0.15, -0.1) is 0 Å². The van der Waals surface area contributed by atoms with Gasteiger partial charge in [0.15, 0.2) is 5.76 Å². The summed E-state index contributed by atoms with van der Waals surface area (Å²) in [5.41, 5.74) is 1.53. The van der Waals surface area contributed by atoms with Crippen molar-refractivity contribution in [1.29, 1.82) is 0 Å². The zero-order valence-electron chi connectivity index (χ0n) is 27.0. The SMILES string of the molecule is Cc1ccc2cc(C(=O)NC3(C(=O)N[C@H](Cc4ccccc4)C(=O)NCC4CCCCN4CC4CCOCC4)CCCC3)oc2c1. The van der Waals surface area contributed by atoms with E-state index in [9.17, 15) is 14.4 Å². The molecule has 0 bridgehead atoms. The normalized spacial score (nSPS) is 21.1. The van der Waals surface area contributed by atoms with Crippen LogP contribution in [-0.4, -0.2) is 73.1 Å². The van der Waals surface area contributed by atoms with Gasteiger partial charge in [0.1, 0.15) is 17.2 Å². The van der Waals surface area contributed by atoms with Gasteiger partial charge >= 0.3 is 0 Å². The van der Waals surface area contributed by atoms with E-state index in [1.165, 1.54) is 6.42 Å². The zero-order valence-corrected chi connectivity index (χ0v) is 27.0. The van der Waals surface area contributed by atoms with Crippen molar-refractivity contribution in [3.05, 3.63) is 71.5 Å². The van der Waals surface area contributed by atoms with Crippen LogP contribution >= 0.6 is 0 Å². The van der Waals surface area contributed by atoms with E-state index in [0.717, 1.165) is 81.3 Å². The summed E-state index contributed by atoms with van der Waals surface area (Å²) in [7, 11) is 0. The molecule has 3 aliphatic rings. The maximum Gasteiger partial charge on any atom is 0.287 e. The van der Waals surface area contributed by atoms with Crippen molar-refractivity contribution in [2.24, 2.45) is 5.92 Å². The van der Waals surface area contributed by atoms with Gasteiger partial charge in [-0.25, -0.2) is 0 Å². The lowest BCUT2D eigenvalue weighted by molar-refractivity contribution is -0.132. The van der Waals surface area contributed by atoms with Crippen molar-refractivity contribution in [3.63, 3.8) is 0 Å². The molecule has 1 aromatic heterocycles. The summed E-state index contributed by atoms with van der Waals surface area (Å²) >= 11 is 0. The van der Waals surface area contributed by atoms with Gasteiger partial charge in [-0.05, 0) is 81.2 Å². The molecule has 0 spiro atoms. The molecular formula is C37H48N4O5. The summed E-state index contributed by atoms with van der Waals surface area (Å²) in [5.74, 6) is -0.120. The number of piperidine rings is 1. The minimum atomic E-state index is -1.11. The third kappa shape index (κ3) is 7.81. The smallest absolute Gasteiger partial charge is 0.287 e. The maximum absolute atomic E-state index is 14.1. The Kier molecular flexibility index (Phi) is 10.4. The van der Waals surface area contributed by atoms with Crippen LogP contribution in [0.3, 0.4) is 0 Å². The second-order valence-corrected chi connectivity index (χ2v) is 13.6. The topological polar surface area (TPSA) is 113 Å². The predicted molar refractivity (Wildman–Crippen MR) is 177 cm³/mol. The average Bonchev–Trinajstić information content (AvgIpc) is 3.73. The molecule has 2 aliphatic heterocycles. The van der Waals surface area contributed by atoms with E-state index in [1.807, 2.05) is 55.5 Å². The molecule has 9 heteroatoms. The number of aryl methyl sites for hydroxylation is 1. The van der Waals surface area contributed by atoms with Gasteiger partial charge in [0.2, 0.25) is 11.8 Å². The number of furan rings is 1. The number of likely N-dealkylation sites (tertiary alicyclic amines) is 1. The quantitative estimate of drug-likeness (QED) is 0.278. The minimum Gasteiger partial charge on any atom is -0.451 e. The number of hydrogen-bond donors (Lipinski definition) is 3. The van der Waals surface area contributed by atoms with Crippen molar-refractivity contribution in [3.8, 4) is 0 Å². The highest BCUT2D eigenvalue weighted by Gasteiger charge is 2.44. The van der Waals surface area contributed by atoms with Gasteiger partial charge in [0, 0.05) is 44.2 Å². The first-order chi connectivity index (χ1) is 22.4. The molecular weight excluding hydrogens is 580 g/mol. The van der Waals surface area contributed by atoms with Gasteiger partial charge in [-0.1, -0.05) is 61.7 Å². The van der Waals surface area contributed by atoms with Crippen LogP contribution in [0.1, 0.15) is 79.5 Å². The molecule has 2 saturated heterocycles. The van der Waals surface area contributed by atoms with Crippen molar-refractivity contribution in [2.45, 2.75) is 88.8 Å². The molecule has 2 atom stereocenters. The largest absolute Gasteiger partial charge is 0.451 e. The van der Waals surface area contributed by atoms with E-state index in [0.29, 0.717) is 37.3 Å². The van der Waals surface area contributed by atoms with Crippen molar-refractivity contribution >= 4 is 28.7 Å². The highest BCUT2D eigenvalue weighted by Crippen LogP contribution is 2.31. The number of carbonyl (C=O) groups is 3. The van der Waals surface area contributed by atoms with Gasteiger partial charge in [-0.2, -0.15) is 0 Å². The van der Waals surface area contributed by atoms with Crippen molar-refractivity contribution in [1.82, 2.24) is 20.9 Å². The van der Waals surface area contributed by atoms with Crippen LogP contribution in [0.2, 0.25) is 0 Å². The van der Waals surface area contributed by atoms with E-state index >= 15 is 0 Å². The Morgan fingerprint density at radius 2 is 1.74 bits per heavy atom. The molecule has 246 valence electrons.